The van der Waals surface area contributed by atoms with Gasteiger partial charge in [0.05, 0.1) is 0 Å². The van der Waals surface area contributed by atoms with E-state index in [0.717, 1.165) is 37.6 Å². The first-order chi connectivity index (χ1) is 12.7. The number of nitrogens with zero attached hydrogens (tertiary/aromatic N) is 4. The Morgan fingerprint density at radius 2 is 1.85 bits per heavy atom. The lowest BCUT2D eigenvalue weighted by atomic mass is 9.96. The third-order valence-electron chi connectivity index (χ3n) is 4.72. The zero-order valence-electron chi connectivity index (χ0n) is 14.1. The van der Waals surface area contributed by atoms with Gasteiger partial charge in [-0.1, -0.05) is 5.16 Å². The molecule has 1 aliphatic rings. The Bertz CT molecular complexity index is 876. The molecule has 0 aliphatic carbocycles. The van der Waals surface area contributed by atoms with E-state index in [0.29, 0.717) is 23.8 Å². The van der Waals surface area contributed by atoms with Crippen molar-refractivity contribution in [3.05, 3.63) is 65.7 Å². The second-order valence-corrected chi connectivity index (χ2v) is 6.48. The highest BCUT2D eigenvalue weighted by Gasteiger charge is 2.25. The summed E-state index contributed by atoms with van der Waals surface area (Å²) in [6.45, 7) is 1.96. The van der Waals surface area contributed by atoms with Crippen LogP contribution in [-0.4, -0.2) is 33.1 Å². The van der Waals surface area contributed by atoms with E-state index in [9.17, 15) is 8.78 Å². The molecule has 1 aromatic carbocycles. The average Bonchev–Trinajstić information content (AvgIpc) is 3.16. The number of hydrogen-bond acceptors (Lipinski definition) is 5. The quantitative estimate of drug-likeness (QED) is 0.712. The van der Waals surface area contributed by atoms with Gasteiger partial charge in [0.25, 0.3) is 5.89 Å². The molecule has 2 aromatic heterocycles. The van der Waals surface area contributed by atoms with Crippen LogP contribution < -0.4 is 0 Å². The van der Waals surface area contributed by atoms with Gasteiger partial charge in [-0.3, -0.25) is 9.88 Å². The molecule has 0 N–H and O–H groups in total. The van der Waals surface area contributed by atoms with Crippen LogP contribution in [0.3, 0.4) is 0 Å². The van der Waals surface area contributed by atoms with Crippen LogP contribution in [0.4, 0.5) is 8.78 Å². The number of halogens is 2. The topological polar surface area (TPSA) is 55.1 Å². The molecular weight excluding hydrogens is 338 g/mol. The van der Waals surface area contributed by atoms with Crippen molar-refractivity contribution in [3.63, 3.8) is 0 Å². The molecule has 1 saturated heterocycles. The first-order valence-electron chi connectivity index (χ1n) is 8.59. The van der Waals surface area contributed by atoms with Crippen molar-refractivity contribution in [2.75, 3.05) is 13.1 Å². The van der Waals surface area contributed by atoms with Crippen molar-refractivity contribution >= 4 is 0 Å². The Hall–Kier alpha value is -2.67. The number of hydrogen-bond donors (Lipinski definition) is 0. The van der Waals surface area contributed by atoms with E-state index in [1.165, 1.54) is 12.1 Å². The van der Waals surface area contributed by atoms with Gasteiger partial charge in [0, 0.05) is 36.0 Å². The summed E-state index contributed by atoms with van der Waals surface area (Å²) < 4.78 is 32.5. The predicted molar refractivity (Wildman–Crippen MR) is 91.1 cm³/mol. The summed E-state index contributed by atoms with van der Waals surface area (Å²) in [5.74, 6) is 0.628. The lowest BCUT2D eigenvalue weighted by molar-refractivity contribution is 0.198. The molecule has 1 aliphatic heterocycles. The van der Waals surface area contributed by atoms with E-state index >= 15 is 0 Å². The SMILES string of the molecule is Fc1ccc(F)c(CN2CCC(c3noc(-c4ccncc4)n3)CC2)c1. The average molecular weight is 356 g/mol. The zero-order valence-corrected chi connectivity index (χ0v) is 14.1. The van der Waals surface area contributed by atoms with Crippen LogP contribution >= 0.6 is 0 Å². The van der Waals surface area contributed by atoms with Gasteiger partial charge < -0.3 is 4.52 Å². The van der Waals surface area contributed by atoms with Crippen molar-refractivity contribution in [1.82, 2.24) is 20.0 Å². The van der Waals surface area contributed by atoms with Crippen molar-refractivity contribution in [2.24, 2.45) is 0 Å². The lowest BCUT2D eigenvalue weighted by Crippen LogP contribution is -2.33. The third kappa shape index (κ3) is 3.62. The van der Waals surface area contributed by atoms with E-state index in [2.05, 4.69) is 20.0 Å². The number of pyridine rings is 1. The molecule has 0 radical (unpaired) electrons. The van der Waals surface area contributed by atoms with Crippen LogP contribution in [-0.2, 0) is 6.54 Å². The molecule has 0 bridgehead atoms. The molecule has 0 unspecified atom stereocenters. The number of piperidine rings is 1. The van der Waals surface area contributed by atoms with E-state index in [-0.39, 0.29) is 11.7 Å². The van der Waals surface area contributed by atoms with E-state index in [1.807, 2.05) is 12.1 Å². The van der Waals surface area contributed by atoms with Crippen molar-refractivity contribution < 1.29 is 13.3 Å². The minimum Gasteiger partial charge on any atom is -0.334 e. The maximum absolute atomic E-state index is 13.8. The zero-order chi connectivity index (χ0) is 17.9. The number of benzene rings is 1. The number of aromatic nitrogens is 3. The predicted octanol–water partition coefficient (Wildman–Crippen LogP) is 3.79. The van der Waals surface area contributed by atoms with Gasteiger partial charge in [0.2, 0.25) is 0 Å². The van der Waals surface area contributed by atoms with Gasteiger partial charge in [0.15, 0.2) is 5.82 Å². The lowest BCUT2D eigenvalue weighted by Gasteiger charge is -2.30. The highest BCUT2D eigenvalue weighted by atomic mass is 19.1. The number of likely N-dealkylation sites (tertiary alicyclic amines) is 1. The minimum atomic E-state index is -0.410. The second-order valence-electron chi connectivity index (χ2n) is 6.48. The normalized spacial score (nSPS) is 16.1. The molecule has 4 rings (SSSR count). The largest absolute Gasteiger partial charge is 0.334 e. The monoisotopic (exact) mass is 356 g/mol. The fourth-order valence-corrected chi connectivity index (χ4v) is 3.27. The fraction of sp³-hybridized carbons (Fsp3) is 0.316. The maximum atomic E-state index is 13.8. The van der Waals surface area contributed by atoms with Gasteiger partial charge in [-0.15, -0.1) is 0 Å². The van der Waals surface area contributed by atoms with Gasteiger partial charge in [-0.05, 0) is 56.3 Å². The van der Waals surface area contributed by atoms with Crippen LogP contribution in [0, 0.1) is 11.6 Å². The molecule has 26 heavy (non-hydrogen) atoms. The Morgan fingerprint density at radius 3 is 2.62 bits per heavy atom. The Labute approximate surface area is 149 Å². The van der Waals surface area contributed by atoms with Crippen LogP contribution in [0.2, 0.25) is 0 Å². The Kier molecular flexibility index (Phi) is 4.71. The minimum absolute atomic E-state index is 0.211. The standard InChI is InChI=1S/C19H18F2N4O/c20-16-1-2-17(21)15(11-16)12-25-9-5-13(6-10-25)18-23-19(26-24-18)14-3-7-22-8-4-14/h1-4,7-8,11,13H,5-6,9-10,12H2. The summed E-state index contributed by atoms with van der Waals surface area (Å²) >= 11 is 0. The summed E-state index contributed by atoms with van der Waals surface area (Å²) in [6.07, 6.45) is 5.07. The molecule has 134 valence electrons. The maximum Gasteiger partial charge on any atom is 0.258 e. The summed E-state index contributed by atoms with van der Waals surface area (Å²) in [4.78, 5) is 10.6. The third-order valence-corrected chi connectivity index (χ3v) is 4.72. The summed E-state index contributed by atoms with van der Waals surface area (Å²) in [7, 11) is 0. The molecule has 7 heteroatoms. The van der Waals surface area contributed by atoms with Crippen LogP contribution in [0.5, 0.6) is 0 Å². The van der Waals surface area contributed by atoms with E-state index in [1.54, 1.807) is 12.4 Å². The molecule has 0 atom stereocenters. The summed E-state index contributed by atoms with van der Waals surface area (Å²) in [5, 5.41) is 4.12. The van der Waals surface area contributed by atoms with Gasteiger partial charge in [-0.25, -0.2) is 8.78 Å². The first-order valence-corrected chi connectivity index (χ1v) is 8.59. The van der Waals surface area contributed by atoms with Crippen LogP contribution in [0.1, 0.15) is 30.1 Å². The molecule has 1 fully saturated rings. The van der Waals surface area contributed by atoms with E-state index in [4.69, 9.17) is 4.52 Å². The van der Waals surface area contributed by atoms with Gasteiger partial charge >= 0.3 is 0 Å². The van der Waals surface area contributed by atoms with Crippen molar-refractivity contribution in [3.8, 4) is 11.5 Å². The highest BCUT2D eigenvalue weighted by molar-refractivity contribution is 5.51. The molecule has 3 heterocycles. The molecule has 0 amide bonds. The fourth-order valence-electron chi connectivity index (χ4n) is 3.27. The summed E-state index contributed by atoms with van der Waals surface area (Å²) in [5.41, 5.74) is 1.24. The van der Waals surface area contributed by atoms with Gasteiger partial charge in [0.1, 0.15) is 11.6 Å². The smallest absolute Gasteiger partial charge is 0.258 e. The summed E-state index contributed by atoms with van der Waals surface area (Å²) in [6, 6.07) is 7.24. The number of rotatable bonds is 4. The molecule has 5 nitrogen and oxygen atoms in total. The van der Waals surface area contributed by atoms with Gasteiger partial charge in [-0.2, -0.15) is 4.98 Å². The molecular formula is C19H18F2N4O. The molecule has 0 saturated carbocycles. The van der Waals surface area contributed by atoms with Crippen LogP contribution in [0.15, 0.2) is 47.2 Å². The van der Waals surface area contributed by atoms with Crippen LogP contribution in [0.25, 0.3) is 11.5 Å². The Balaban J connectivity index is 1.38. The second kappa shape index (κ2) is 7.29. The van der Waals surface area contributed by atoms with E-state index < -0.39 is 5.82 Å². The Morgan fingerprint density at radius 1 is 1.08 bits per heavy atom. The van der Waals surface area contributed by atoms with Crippen molar-refractivity contribution in [2.45, 2.75) is 25.3 Å². The molecule has 3 aromatic rings. The highest BCUT2D eigenvalue weighted by Crippen LogP contribution is 2.28. The van der Waals surface area contributed by atoms with Crippen molar-refractivity contribution in [1.29, 1.82) is 0 Å². The first kappa shape index (κ1) is 16.8. The molecule has 0 spiro atoms.